The number of fused-ring (bicyclic) bond motifs is 1. The molecule has 0 radical (unpaired) electrons. The second-order valence-electron chi connectivity index (χ2n) is 6.09. The average molecular weight is 325 g/mol. The van der Waals surface area contributed by atoms with Gasteiger partial charge in [-0.3, -0.25) is 4.79 Å². The van der Waals surface area contributed by atoms with Crippen molar-refractivity contribution in [2.75, 3.05) is 16.4 Å². The van der Waals surface area contributed by atoms with Crippen molar-refractivity contribution in [2.24, 2.45) is 0 Å². The zero-order valence-corrected chi connectivity index (χ0v) is 13.7. The summed E-state index contributed by atoms with van der Waals surface area (Å²) in [5, 5.41) is 6.07. The highest BCUT2D eigenvalue weighted by Crippen LogP contribution is 2.37. The van der Waals surface area contributed by atoms with Gasteiger partial charge in [-0.1, -0.05) is 18.2 Å². The van der Waals surface area contributed by atoms with E-state index in [1.54, 1.807) is 49.4 Å². The van der Waals surface area contributed by atoms with Crippen LogP contribution in [0, 0.1) is 0 Å². The van der Waals surface area contributed by atoms with E-state index in [0.717, 1.165) is 5.56 Å². The zero-order valence-electron chi connectivity index (χ0n) is 13.7. The second kappa shape index (κ2) is 6.35. The summed E-state index contributed by atoms with van der Waals surface area (Å²) in [6, 6.07) is 12.2. The lowest BCUT2D eigenvalue weighted by Crippen LogP contribution is -2.19. The summed E-state index contributed by atoms with van der Waals surface area (Å²) in [6.45, 7) is 3.64. The molecule has 0 saturated heterocycles. The number of rotatable bonds is 2. The van der Waals surface area contributed by atoms with Crippen LogP contribution in [0.2, 0.25) is 0 Å². The van der Waals surface area contributed by atoms with Crippen molar-refractivity contribution >= 4 is 34.4 Å². The fraction of sp³-hybridized carbons (Fsp3) is 0.211. The van der Waals surface area contributed by atoms with E-state index in [0.29, 0.717) is 34.6 Å². The van der Waals surface area contributed by atoms with Crippen LogP contribution in [-0.2, 0) is 4.79 Å². The Morgan fingerprint density at radius 3 is 2.62 bits per heavy atom. The first kappa shape index (κ1) is 16.1. The highest BCUT2D eigenvalue weighted by atomic mass is 19.1. The molecule has 1 atom stereocenters. The minimum atomic E-state index is -0.326. The Bertz CT molecular complexity index is 812. The summed E-state index contributed by atoms with van der Waals surface area (Å²) >= 11 is 0. The first-order valence-electron chi connectivity index (χ1n) is 7.87. The Morgan fingerprint density at radius 1 is 1.21 bits per heavy atom. The molecule has 4 nitrogen and oxygen atoms in total. The minimum absolute atomic E-state index is 0.0722. The van der Waals surface area contributed by atoms with Crippen molar-refractivity contribution in [3.05, 3.63) is 53.6 Å². The molecule has 0 unspecified atom stereocenters. The van der Waals surface area contributed by atoms with Gasteiger partial charge in [0.15, 0.2) is 0 Å². The van der Waals surface area contributed by atoms with Gasteiger partial charge >= 0.3 is 0 Å². The third-order valence-electron chi connectivity index (χ3n) is 4.13. The standard InChI is InChI=1S/C19H20FN3O/c1-11-10-17(24)23-16-5-3-4-15(19(16)22-11)18(20)12(2)13-6-8-14(21)9-7-13/h3-9,11,22H,10,21H2,1-2H3,(H,23,24)/b18-12-/t11-/m1/s1. The van der Waals surface area contributed by atoms with Crippen LogP contribution in [0.5, 0.6) is 0 Å². The number of nitrogens with one attached hydrogen (secondary N) is 2. The normalized spacial score (nSPS) is 18.0. The number of carbonyl (C=O) groups excluding carboxylic acids is 1. The van der Waals surface area contributed by atoms with Gasteiger partial charge in [-0.25, -0.2) is 4.39 Å². The molecule has 1 aliphatic heterocycles. The number of hydrogen-bond acceptors (Lipinski definition) is 3. The van der Waals surface area contributed by atoms with Crippen LogP contribution >= 0.6 is 0 Å². The van der Waals surface area contributed by atoms with Crippen LogP contribution in [-0.4, -0.2) is 11.9 Å². The SMILES string of the molecule is C/C(=C(/F)c1cccc2c1N[C@H](C)CC(=O)N2)c1ccc(N)cc1. The molecule has 0 saturated carbocycles. The highest BCUT2D eigenvalue weighted by molar-refractivity contribution is 6.00. The maximum Gasteiger partial charge on any atom is 0.226 e. The summed E-state index contributed by atoms with van der Waals surface area (Å²) in [7, 11) is 0. The van der Waals surface area contributed by atoms with Crippen LogP contribution in [0.1, 0.15) is 31.4 Å². The molecule has 1 heterocycles. The van der Waals surface area contributed by atoms with Gasteiger partial charge in [-0.2, -0.15) is 0 Å². The molecule has 3 rings (SSSR count). The zero-order chi connectivity index (χ0) is 17.3. The van der Waals surface area contributed by atoms with Gasteiger partial charge in [0.05, 0.1) is 11.4 Å². The summed E-state index contributed by atoms with van der Waals surface area (Å²) in [5.74, 6) is -0.405. The maximum atomic E-state index is 15.2. The molecule has 4 N–H and O–H groups in total. The minimum Gasteiger partial charge on any atom is -0.399 e. The van der Waals surface area contributed by atoms with Gasteiger partial charge in [0, 0.05) is 23.7 Å². The van der Waals surface area contributed by atoms with Gasteiger partial charge in [0.25, 0.3) is 0 Å². The van der Waals surface area contributed by atoms with E-state index in [4.69, 9.17) is 5.73 Å². The molecule has 24 heavy (non-hydrogen) atoms. The Kier molecular flexibility index (Phi) is 4.25. The van der Waals surface area contributed by atoms with Gasteiger partial charge in [-0.15, -0.1) is 0 Å². The van der Waals surface area contributed by atoms with E-state index in [1.807, 2.05) is 6.92 Å². The number of anilines is 3. The van der Waals surface area contributed by atoms with Gasteiger partial charge in [0.1, 0.15) is 5.83 Å². The van der Waals surface area contributed by atoms with Crippen molar-refractivity contribution in [2.45, 2.75) is 26.3 Å². The first-order chi connectivity index (χ1) is 11.5. The Balaban J connectivity index is 2.09. The molecule has 0 bridgehead atoms. The molecule has 1 amide bonds. The first-order valence-corrected chi connectivity index (χ1v) is 7.87. The van der Waals surface area contributed by atoms with Crippen LogP contribution in [0.4, 0.5) is 21.5 Å². The fourth-order valence-electron chi connectivity index (χ4n) is 2.83. The molecule has 0 spiro atoms. The van der Waals surface area contributed by atoms with Crippen LogP contribution in [0.25, 0.3) is 11.4 Å². The molecule has 2 aromatic carbocycles. The maximum absolute atomic E-state index is 15.2. The lowest BCUT2D eigenvalue weighted by molar-refractivity contribution is -0.116. The van der Waals surface area contributed by atoms with Crippen LogP contribution < -0.4 is 16.4 Å². The largest absolute Gasteiger partial charge is 0.399 e. The predicted octanol–water partition coefficient (Wildman–Crippen LogP) is 4.27. The molecule has 124 valence electrons. The van der Waals surface area contributed by atoms with Crippen molar-refractivity contribution in [1.29, 1.82) is 0 Å². The lowest BCUT2D eigenvalue weighted by atomic mass is 10.0. The third kappa shape index (κ3) is 3.11. The van der Waals surface area contributed by atoms with Gasteiger partial charge < -0.3 is 16.4 Å². The summed E-state index contributed by atoms with van der Waals surface area (Å²) in [6.07, 6.45) is 0.344. The topological polar surface area (TPSA) is 67.2 Å². The molecule has 1 aliphatic rings. The van der Waals surface area contributed by atoms with Crippen molar-refractivity contribution in [3.63, 3.8) is 0 Å². The Hall–Kier alpha value is -2.82. The molecule has 0 fully saturated rings. The average Bonchev–Trinajstić information content (AvgIpc) is 2.70. The number of amides is 1. The molecular weight excluding hydrogens is 305 g/mol. The summed E-state index contributed by atoms with van der Waals surface area (Å²) in [4.78, 5) is 11.9. The van der Waals surface area contributed by atoms with Crippen molar-refractivity contribution in [3.8, 4) is 0 Å². The molecule has 5 heteroatoms. The number of hydrogen-bond donors (Lipinski definition) is 3. The van der Waals surface area contributed by atoms with Crippen LogP contribution in [0.15, 0.2) is 42.5 Å². The third-order valence-corrected chi connectivity index (χ3v) is 4.13. The second-order valence-corrected chi connectivity index (χ2v) is 6.09. The number of nitrogens with two attached hydrogens (primary N) is 1. The van der Waals surface area contributed by atoms with E-state index in [2.05, 4.69) is 10.6 Å². The van der Waals surface area contributed by atoms with Gasteiger partial charge in [-0.05, 0) is 49.2 Å². The number of benzene rings is 2. The van der Waals surface area contributed by atoms with E-state index >= 15 is 4.39 Å². The smallest absolute Gasteiger partial charge is 0.226 e. The summed E-state index contributed by atoms with van der Waals surface area (Å²) in [5.41, 5.74) is 9.27. The van der Waals surface area contributed by atoms with Crippen molar-refractivity contribution in [1.82, 2.24) is 0 Å². The molecule has 2 aromatic rings. The van der Waals surface area contributed by atoms with E-state index in [-0.39, 0.29) is 17.8 Å². The number of allylic oxidation sites excluding steroid dienone is 1. The quantitative estimate of drug-likeness (QED) is 0.570. The molecule has 0 aliphatic carbocycles. The summed E-state index contributed by atoms with van der Waals surface area (Å²) < 4.78 is 15.2. The van der Waals surface area contributed by atoms with E-state index < -0.39 is 0 Å². The highest BCUT2D eigenvalue weighted by Gasteiger charge is 2.22. The number of nitrogen functional groups attached to an aromatic ring is 1. The van der Waals surface area contributed by atoms with E-state index in [9.17, 15) is 4.79 Å². The molecule has 0 aromatic heterocycles. The van der Waals surface area contributed by atoms with E-state index in [1.165, 1.54) is 0 Å². The fourth-order valence-corrected chi connectivity index (χ4v) is 2.83. The van der Waals surface area contributed by atoms with Crippen molar-refractivity contribution < 1.29 is 9.18 Å². The van der Waals surface area contributed by atoms with Gasteiger partial charge in [0.2, 0.25) is 5.91 Å². The number of halogens is 1. The lowest BCUT2D eigenvalue weighted by Gasteiger charge is -2.16. The van der Waals surface area contributed by atoms with Crippen LogP contribution in [0.3, 0.4) is 0 Å². The predicted molar refractivity (Wildman–Crippen MR) is 97.2 cm³/mol. The molecular formula is C19H20FN3O. The Morgan fingerprint density at radius 2 is 1.92 bits per heavy atom. The number of carbonyl (C=O) groups is 1. The Labute approximate surface area is 140 Å². The number of para-hydroxylation sites is 1. The monoisotopic (exact) mass is 325 g/mol.